The highest BCUT2D eigenvalue weighted by molar-refractivity contribution is 6.09. The summed E-state index contributed by atoms with van der Waals surface area (Å²) in [5.41, 5.74) is 2.60. The van der Waals surface area contributed by atoms with Crippen molar-refractivity contribution in [3.8, 4) is 17.0 Å². The van der Waals surface area contributed by atoms with Gasteiger partial charge in [-0.2, -0.15) is 0 Å². The molecule has 9 nitrogen and oxygen atoms in total. The highest BCUT2D eigenvalue weighted by atomic mass is 16.5. The fraction of sp³-hybridized carbons (Fsp3) is 0.259. The molecule has 36 heavy (non-hydrogen) atoms. The highest BCUT2D eigenvalue weighted by Gasteiger charge is 2.13. The molecule has 4 rings (SSSR count). The largest absolute Gasteiger partial charge is 0.493 e. The molecular formula is C27H31N7O2. The molecule has 0 radical (unpaired) electrons. The Morgan fingerprint density at radius 3 is 2.58 bits per heavy atom. The zero-order valence-corrected chi connectivity index (χ0v) is 21.1. The second-order valence-corrected chi connectivity index (χ2v) is 9.22. The van der Waals surface area contributed by atoms with Crippen LogP contribution in [0.5, 0.6) is 5.75 Å². The van der Waals surface area contributed by atoms with Crippen LogP contribution in [-0.4, -0.2) is 50.1 Å². The number of aryl methyl sites for hydroxylation is 1. The molecule has 0 saturated carbocycles. The van der Waals surface area contributed by atoms with E-state index in [2.05, 4.69) is 25.6 Å². The van der Waals surface area contributed by atoms with Crippen LogP contribution >= 0.6 is 0 Å². The van der Waals surface area contributed by atoms with Crippen LogP contribution in [0.4, 0.5) is 11.6 Å². The molecule has 3 aromatic heterocycles. The van der Waals surface area contributed by atoms with Crippen molar-refractivity contribution in [3.63, 3.8) is 0 Å². The Morgan fingerprint density at radius 1 is 1.11 bits per heavy atom. The summed E-state index contributed by atoms with van der Waals surface area (Å²) in [6, 6.07) is 9.78. The van der Waals surface area contributed by atoms with Gasteiger partial charge in [0.15, 0.2) is 11.6 Å². The molecule has 0 bridgehead atoms. The second-order valence-electron chi connectivity index (χ2n) is 9.22. The zero-order chi connectivity index (χ0) is 25.9. The monoisotopic (exact) mass is 485 g/mol. The summed E-state index contributed by atoms with van der Waals surface area (Å²) in [4.78, 5) is 13.5. The number of ether oxygens (including phenoxy) is 1. The maximum atomic E-state index is 9.91. The maximum absolute atomic E-state index is 9.91. The van der Waals surface area contributed by atoms with E-state index >= 15 is 0 Å². The van der Waals surface area contributed by atoms with Gasteiger partial charge in [0.25, 0.3) is 0 Å². The maximum Gasteiger partial charge on any atom is 0.174 e. The van der Waals surface area contributed by atoms with E-state index in [0.717, 1.165) is 33.4 Å². The van der Waals surface area contributed by atoms with Crippen molar-refractivity contribution >= 4 is 34.2 Å². The lowest BCUT2D eigenvalue weighted by Gasteiger charge is -2.17. The molecule has 1 aromatic carbocycles. The molecule has 0 atom stereocenters. The van der Waals surface area contributed by atoms with E-state index in [9.17, 15) is 5.11 Å². The number of hydrogen-bond donors (Lipinski definition) is 4. The van der Waals surface area contributed by atoms with Gasteiger partial charge in [0.1, 0.15) is 11.6 Å². The van der Waals surface area contributed by atoms with Crippen LogP contribution in [0.3, 0.4) is 0 Å². The van der Waals surface area contributed by atoms with Crippen LogP contribution < -0.4 is 15.4 Å². The van der Waals surface area contributed by atoms with Crippen LogP contribution in [0, 0.1) is 12.3 Å². The Hall–Kier alpha value is -4.24. The lowest BCUT2D eigenvalue weighted by atomic mass is 10.0. The van der Waals surface area contributed by atoms with Crippen molar-refractivity contribution < 1.29 is 9.84 Å². The van der Waals surface area contributed by atoms with Gasteiger partial charge in [-0.1, -0.05) is 12.1 Å². The number of methoxy groups -OCH3 is 1. The number of benzene rings is 1. The van der Waals surface area contributed by atoms with E-state index in [1.807, 2.05) is 55.1 Å². The number of pyridine rings is 2. The third kappa shape index (κ3) is 5.52. The fourth-order valence-corrected chi connectivity index (χ4v) is 3.73. The van der Waals surface area contributed by atoms with E-state index in [-0.39, 0.29) is 0 Å². The summed E-state index contributed by atoms with van der Waals surface area (Å²) >= 11 is 0. The SMILES string of the molecule is COc1cc(-c2cnc(C)n2C)cnc1Nc1cc2cc(/C(C=N)=C/NCC(C)(C)O)ccc2cn1. The third-order valence-electron chi connectivity index (χ3n) is 5.84. The number of nitrogens with one attached hydrogen (secondary N) is 3. The zero-order valence-electron chi connectivity index (χ0n) is 21.1. The molecule has 0 aliphatic rings. The van der Waals surface area contributed by atoms with Crippen molar-refractivity contribution in [1.29, 1.82) is 5.41 Å². The van der Waals surface area contributed by atoms with Crippen molar-refractivity contribution in [2.24, 2.45) is 7.05 Å². The Morgan fingerprint density at radius 2 is 1.92 bits per heavy atom. The van der Waals surface area contributed by atoms with Gasteiger partial charge >= 0.3 is 0 Å². The van der Waals surface area contributed by atoms with E-state index in [0.29, 0.717) is 29.5 Å². The predicted molar refractivity (Wildman–Crippen MR) is 144 cm³/mol. The molecular weight excluding hydrogens is 454 g/mol. The minimum Gasteiger partial charge on any atom is -0.493 e. The van der Waals surface area contributed by atoms with E-state index in [1.165, 1.54) is 6.21 Å². The fourth-order valence-electron chi connectivity index (χ4n) is 3.73. The van der Waals surface area contributed by atoms with Crippen LogP contribution in [0.15, 0.2) is 55.1 Å². The smallest absolute Gasteiger partial charge is 0.174 e. The van der Waals surface area contributed by atoms with Gasteiger partial charge in [-0.15, -0.1) is 0 Å². The molecule has 0 unspecified atom stereocenters. The summed E-state index contributed by atoms with van der Waals surface area (Å²) in [5.74, 6) is 2.68. The van der Waals surface area contributed by atoms with Crippen molar-refractivity contribution in [2.45, 2.75) is 26.4 Å². The van der Waals surface area contributed by atoms with Crippen LogP contribution in [-0.2, 0) is 7.05 Å². The number of aromatic nitrogens is 4. The van der Waals surface area contributed by atoms with Crippen molar-refractivity contribution in [1.82, 2.24) is 24.8 Å². The third-order valence-corrected chi connectivity index (χ3v) is 5.84. The molecule has 0 aliphatic heterocycles. The predicted octanol–water partition coefficient (Wildman–Crippen LogP) is 4.44. The van der Waals surface area contributed by atoms with E-state index in [4.69, 9.17) is 10.1 Å². The molecule has 9 heteroatoms. The first-order chi connectivity index (χ1) is 17.2. The summed E-state index contributed by atoms with van der Waals surface area (Å²) in [7, 11) is 3.57. The molecule has 0 aliphatic carbocycles. The number of hydrogen-bond acceptors (Lipinski definition) is 8. The number of allylic oxidation sites excluding steroid dienone is 1. The van der Waals surface area contributed by atoms with E-state index in [1.54, 1.807) is 39.6 Å². The van der Waals surface area contributed by atoms with E-state index < -0.39 is 5.60 Å². The molecule has 186 valence electrons. The first kappa shape index (κ1) is 24.9. The average Bonchev–Trinajstić information content (AvgIpc) is 3.19. The first-order valence-corrected chi connectivity index (χ1v) is 11.5. The number of fused-ring (bicyclic) bond motifs is 1. The number of anilines is 2. The van der Waals surface area contributed by atoms with Crippen molar-refractivity contribution in [3.05, 3.63) is 66.5 Å². The number of imidazole rings is 1. The van der Waals surface area contributed by atoms with Crippen LogP contribution in [0.25, 0.3) is 27.6 Å². The molecule has 4 aromatic rings. The normalized spacial score (nSPS) is 12.0. The Labute approximate surface area is 210 Å². The Kier molecular flexibility index (Phi) is 7.03. The molecule has 0 amide bonds. The summed E-state index contributed by atoms with van der Waals surface area (Å²) < 4.78 is 7.60. The topological polar surface area (TPSA) is 121 Å². The molecule has 3 heterocycles. The van der Waals surface area contributed by atoms with Gasteiger partial charge in [-0.05, 0) is 49.9 Å². The second kappa shape index (κ2) is 10.2. The van der Waals surface area contributed by atoms with Crippen LogP contribution in [0.2, 0.25) is 0 Å². The molecule has 0 spiro atoms. The Bertz CT molecular complexity index is 1430. The number of aliphatic hydroxyl groups is 1. The van der Waals surface area contributed by atoms with Gasteiger partial charge in [-0.3, -0.25) is 0 Å². The summed E-state index contributed by atoms with van der Waals surface area (Å²) in [6.45, 7) is 5.79. The molecule has 4 N–H and O–H groups in total. The highest BCUT2D eigenvalue weighted by Crippen LogP contribution is 2.31. The number of rotatable bonds is 9. The van der Waals surface area contributed by atoms with Gasteiger partial charge < -0.3 is 30.5 Å². The van der Waals surface area contributed by atoms with Gasteiger partial charge in [-0.25, -0.2) is 15.0 Å². The lowest BCUT2D eigenvalue weighted by molar-refractivity contribution is 0.0836. The number of nitrogens with zero attached hydrogens (tertiary/aromatic N) is 4. The Balaban J connectivity index is 1.60. The summed E-state index contributed by atoms with van der Waals surface area (Å²) in [6.07, 6.45) is 8.42. The van der Waals surface area contributed by atoms with Crippen molar-refractivity contribution in [2.75, 3.05) is 19.0 Å². The van der Waals surface area contributed by atoms with Gasteiger partial charge in [0.05, 0.1) is 24.6 Å². The standard InChI is InChI=1S/C27H31N7O2/c1-17-30-15-23(34(17)4)21-9-24(36-5)26(32-14-21)33-25-10-20-8-18(6-7-19(20)13-31-25)22(11-28)12-29-16-27(2,3)35/h6-15,28-29,35H,16H2,1-5H3,(H,31,32,33)/b22-12+,28-11?. The van der Waals surface area contributed by atoms with Crippen LogP contribution in [0.1, 0.15) is 25.2 Å². The molecule has 0 saturated heterocycles. The average molecular weight is 486 g/mol. The lowest BCUT2D eigenvalue weighted by Crippen LogP contribution is -2.32. The van der Waals surface area contributed by atoms with Gasteiger partial charge in [0.2, 0.25) is 0 Å². The minimum absolute atomic E-state index is 0.379. The first-order valence-electron chi connectivity index (χ1n) is 11.5. The van der Waals surface area contributed by atoms with Gasteiger partial charge in [0, 0.05) is 54.9 Å². The minimum atomic E-state index is -0.844. The quantitative estimate of drug-likeness (QED) is 0.259. The molecule has 0 fully saturated rings. The summed E-state index contributed by atoms with van der Waals surface area (Å²) in [5, 5.41) is 26.0.